The van der Waals surface area contributed by atoms with E-state index >= 15 is 0 Å². The maximum absolute atomic E-state index is 12.7. The highest BCUT2D eigenvalue weighted by Crippen LogP contribution is 2.17. The molecule has 0 unspecified atom stereocenters. The molecule has 0 radical (unpaired) electrons. The molecule has 3 aromatic rings. The fraction of sp³-hybridized carbons (Fsp3) is 0.118. The Hall–Kier alpha value is -2.55. The largest absolute Gasteiger partial charge is 0.334 e. The first kappa shape index (κ1) is 12.5. The van der Waals surface area contributed by atoms with Crippen molar-refractivity contribution in [1.29, 1.82) is 0 Å². The number of benzene rings is 2. The Labute approximate surface area is 117 Å². The van der Waals surface area contributed by atoms with Crippen LogP contribution >= 0.6 is 0 Å². The van der Waals surface area contributed by atoms with Crippen LogP contribution in [0.15, 0.2) is 71.5 Å². The fourth-order valence-corrected chi connectivity index (χ4v) is 2.46. The molecule has 0 saturated heterocycles. The molecule has 2 aromatic carbocycles. The summed E-state index contributed by atoms with van der Waals surface area (Å²) < 4.78 is 3.52. The number of allylic oxidation sites excluding steroid dienone is 1. The highest BCUT2D eigenvalue weighted by atomic mass is 16.1. The van der Waals surface area contributed by atoms with E-state index in [9.17, 15) is 4.79 Å². The monoisotopic (exact) mass is 264 g/mol. The van der Waals surface area contributed by atoms with Gasteiger partial charge in [0.25, 0.3) is 0 Å². The molecule has 0 saturated carbocycles. The Balaban J connectivity index is 2.36. The molecule has 1 aromatic heterocycles. The van der Waals surface area contributed by atoms with Crippen LogP contribution in [0.5, 0.6) is 0 Å². The van der Waals surface area contributed by atoms with Crippen LogP contribution < -0.4 is 5.69 Å². The lowest BCUT2D eigenvalue weighted by molar-refractivity contribution is 0.754. The first-order valence-electron chi connectivity index (χ1n) is 6.58. The van der Waals surface area contributed by atoms with Crippen LogP contribution in [0.2, 0.25) is 0 Å². The average molecular weight is 264 g/mol. The van der Waals surface area contributed by atoms with E-state index in [-0.39, 0.29) is 5.69 Å². The molecule has 0 fully saturated rings. The van der Waals surface area contributed by atoms with E-state index in [0.717, 1.165) is 22.3 Å². The standard InChI is InChI=1S/C17H16N2O/c1-13(2)12-18-15-10-6-7-11-16(15)19(17(18)20)14-8-4-3-5-9-14/h3-11H,1,12H2,2H3. The molecule has 3 nitrogen and oxygen atoms in total. The molecule has 0 spiro atoms. The maximum Gasteiger partial charge on any atom is 0.334 e. The summed E-state index contributed by atoms with van der Waals surface area (Å²) in [6.45, 7) is 6.38. The number of para-hydroxylation sites is 3. The van der Waals surface area contributed by atoms with E-state index in [1.807, 2.05) is 61.5 Å². The van der Waals surface area contributed by atoms with Crippen molar-refractivity contribution in [1.82, 2.24) is 9.13 Å². The Morgan fingerprint density at radius 1 is 1.00 bits per heavy atom. The van der Waals surface area contributed by atoms with Gasteiger partial charge >= 0.3 is 5.69 Å². The third kappa shape index (κ3) is 1.97. The van der Waals surface area contributed by atoms with Crippen molar-refractivity contribution < 1.29 is 0 Å². The summed E-state index contributed by atoms with van der Waals surface area (Å²) in [5.74, 6) is 0. The smallest absolute Gasteiger partial charge is 0.288 e. The van der Waals surface area contributed by atoms with Crippen molar-refractivity contribution >= 4 is 11.0 Å². The van der Waals surface area contributed by atoms with E-state index in [2.05, 4.69) is 6.58 Å². The second kappa shape index (κ2) is 4.85. The van der Waals surface area contributed by atoms with Crippen LogP contribution in [0.4, 0.5) is 0 Å². The van der Waals surface area contributed by atoms with Crippen molar-refractivity contribution in [3.05, 3.63) is 77.2 Å². The quantitative estimate of drug-likeness (QED) is 0.666. The second-order valence-electron chi connectivity index (χ2n) is 4.99. The molecule has 0 N–H and O–H groups in total. The summed E-state index contributed by atoms with van der Waals surface area (Å²) in [6.07, 6.45) is 0. The number of hydrogen-bond acceptors (Lipinski definition) is 1. The molecule has 0 aliphatic rings. The number of nitrogens with zero attached hydrogens (tertiary/aromatic N) is 2. The topological polar surface area (TPSA) is 26.9 Å². The summed E-state index contributed by atoms with van der Waals surface area (Å²) in [4.78, 5) is 12.7. The van der Waals surface area contributed by atoms with Gasteiger partial charge < -0.3 is 0 Å². The fourth-order valence-electron chi connectivity index (χ4n) is 2.46. The molecule has 0 bridgehead atoms. The Kier molecular flexibility index (Phi) is 3.03. The predicted octanol–water partition coefficient (Wildman–Crippen LogP) is 3.37. The van der Waals surface area contributed by atoms with E-state index in [0.29, 0.717) is 6.54 Å². The first-order valence-corrected chi connectivity index (χ1v) is 6.58. The zero-order chi connectivity index (χ0) is 14.1. The number of rotatable bonds is 3. The Bertz CT molecular complexity index is 825. The Morgan fingerprint density at radius 3 is 2.25 bits per heavy atom. The van der Waals surface area contributed by atoms with Gasteiger partial charge in [0.2, 0.25) is 0 Å². The highest BCUT2D eigenvalue weighted by molar-refractivity contribution is 5.78. The molecule has 3 heteroatoms. The van der Waals surface area contributed by atoms with Gasteiger partial charge in [-0.2, -0.15) is 0 Å². The van der Waals surface area contributed by atoms with Crippen LogP contribution in [-0.4, -0.2) is 9.13 Å². The van der Waals surface area contributed by atoms with Crippen molar-refractivity contribution in [3.8, 4) is 5.69 Å². The van der Waals surface area contributed by atoms with Gasteiger partial charge in [-0.05, 0) is 31.2 Å². The van der Waals surface area contributed by atoms with Crippen LogP contribution in [-0.2, 0) is 6.54 Å². The minimum absolute atomic E-state index is 0.0274. The van der Waals surface area contributed by atoms with Gasteiger partial charge in [-0.15, -0.1) is 0 Å². The van der Waals surface area contributed by atoms with Crippen molar-refractivity contribution in [2.75, 3.05) is 0 Å². The molecule has 3 rings (SSSR count). The predicted molar refractivity (Wildman–Crippen MR) is 82.3 cm³/mol. The summed E-state index contributed by atoms with van der Waals surface area (Å²) >= 11 is 0. The minimum atomic E-state index is -0.0274. The van der Waals surface area contributed by atoms with Gasteiger partial charge in [0, 0.05) is 6.54 Å². The lowest BCUT2D eigenvalue weighted by Crippen LogP contribution is -2.23. The molecule has 0 aliphatic carbocycles. The van der Waals surface area contributed by atoms with Crippen molar-refractivity contribution in [2.24, 2.45) is 0 Å². The van der Waals surface area contributed by atoms with Crippen LogP contribution in [0, 0.1) is 0 Å². The maximum atomic E-state index is 12.7. The molecular formula is C17H16N2O. The van der Waals surface area contributed by atoms with Gasteiger partial charge in [-0.25, -0.2) is 4.79 Å². The first-order chi connectivity index (χ1) is 9.68. The Morgan fingerprint density at radius 2 is 1.60 bits per heavy atom. The van der Waals surface area contributed by atoms with Crippen molar-refractivity contribution in [2.45, 2.75) is 13.5 Å². The normalized spacial score (nSPS) is 10.8. The molecule has 20 heavy (non-hydrogen) atoms. The summed E-state index contributed by atoms with van der Waals surface area (Å²) in [5.41, 5.74) is 3.67. The highest BCUT2D eigenvalue weighted by Gasteiger charge is 2.13. The SMILES string of the molecule is C=C(C)Cn1c(=O)n(-c2ccccc2)c2ccccc21. The summed E-state index contributed by atoms with van der Waals surface area (Å²) in [6, 6.07) is 17.6. The van der Waals surface area contributed by atoms with E-state index in [1.54, 1.807) is 9.13 Å². The third-order valence-corrected chi connectivity index (χ3v) is 3.28. The van der Waals surface area contributed by atoms with Crippen molar-refractivity contribution in [3.63, 3.8) is 0 Å². The van der Waals surface area contributed by atoms with Crippen LogP contribution in [0.25, 0.3) is 16.7 Å². The zero-order valence-electron chi connectivity index (χ0n) is 11.4. The van der Waals surface area contributed by atoms with Gasteiger partial charge in [-0.3, -0.25) is 9.13 Å². The molecule has 1 heterocycles. The van der Waals surface area contributed by atoms with Crippen LogP contribution in [0.3, 0.4) is 0 Å². The molecule has 0 amide bonds. The molecule has 100 valence electrons. The second-order valence-corrected chi connectivity index (χ2v) is 4.99. The third-order valence-electron chi connectivity index (χ3n) is 3.28. The summed E-state index contributed by atoms with van der Waals surface area (Å²) in [7, 11) is 0. The van der Waals surface area contributed by atoms with Gasteiger partial charge in [-0.1, -0.05) is 42.5 Å². The van der Waals surface area contributed by atoms with Crippen LogP contribution in [0.1, 0.15) is 6.92 Å². The number of hydrogen-bond donors (Lipinski definition) is 0. The number of fused-ring (bicyclic) bond motifs is 1. The minimum Gasteiger partial charge on any atom is -0.288 e. The molecule has 0 aliphatic heterocycles. The van der Waals surface area contributed by atoms with Gasteiger partial charge in [0.1, 0.15) is 0 Å². The van der Waals surface area contributed by atoms with E-state index < -0.39 is 0 Å². The molecule has 0 atom stereocenters. The number of aromatic nitrogens is 2. The lowest BCUT2D eigenvalue weighted by Gasteiger charge is -2.02. The average Bonchev–Trinajstić information content (AvgIpc) is 2.72. The van der Waals surface area contributed by atoms with Gasteiger partial charge in [0.15, 0.2) is 0 Å². The summed E-state index contributed by atoms with van der Waals surface area (Å²) in [5, 5.41) is 0. The van der Waals surface area contributed by atoms with E-state index in [1.165, 1.54) is 0 Å². The number of imidazole rings is 1. The lowest BCUT2D eigenvalue weighted by atomic mass is 10.2. The molecular weight excluding hydrogens is 248 g/mol. The van der Waals surface area contributed by atoms with Gasteiger partial charge in [0.05, 0.1) is 16.7 Å². The van der Waals surface area contributed by atoms with E-state index in [4.69, 9.17) is 0 Å². The zero-order valence-corrected chi connectivity index (χ0v) is 11.4.